The first-order valence-electron chi connectivity index (χ1n) is 13.5. The van der Waals surface area contributed by atoms with Crippen LogP contribution in [-0.4, -0.2) is 62.7 Å². The molecular weight excluding hydrogens is 598 g/mol. The number of halogens is 6. The number of aromatic nitrogens is 2. The van der Waals surface area contributed by atoms with Crippen LogP contribution in [0.4, 0.5) is 32.3 Å². The van der Waals surface area contributed by atoms with E-state index >= 15 is 0 Å². The summed E-state index contributed by atoms with van der Waals surface area (Å²) >= 11 is 0. The smallest absolute Gasteiger partial charge is 0.416 e. The van der Waals surface area contributed by atoms with Crippen molar-refractivity contribution in [2.24, 2.45) is 5.92 Å². The quantitative estimate of drug-likeness (QED) is 0.345. The second-order valence-corrected chi connectivity index (χ2v) is 12.4. The Labute approximate surface area is 246 Å². The van der Waals surface area contributed by atoms with Crippen LogP contribution in [0.15, 0.2) is 42.5 Å². The fraction of sp³-hybridized carbons (Fsp3) is 0.414. The van der Waals surface area contributed by atoms with E-state index in [9.17, 15) is 35.3 Å². The number of benzene rings is 2. The van der Waals surface area contributed by atoms with Gasteiger partial charge < -0.3 is 14.5 Å². The topological polar surface area (TPSA) is 75.6 Å². The molecule has 0 radical (unpaired) electrons. The number of fused-ring (bicyclic) bond motifs is 1. The molecule has 1 aromatic heterocycles. The fourth-order valence-corrected chi connectivity index (χ4v) is 6.15. The van der Waals surface area contributed by atoms with Crippen LogP contribution in [0.3, 0.4) is 0 Å². The molecule has 230 valence electrons. The van der Waals surface area contributed by atoms with E-state index in [4.69, 9.17) is 9.72 Å². The van der Waals surface area contributed by atoms with E-state index in [-0.39, 0.29) is 53.8 Å². The SMILES string of the molecule is Cc1ccccc1-c1nc(N2CCS(=O)CC2)nc2c1C(=O)N(Cc1cc(C(F)(F)F)cc(C(F)(F)F)c1)C[C@H](C)CO2. The van der Waals surface area contributed by atoms with Crippen LogP contribution in [0.25, 0.3) is 11.3 Å². The molecule has 0 bridgehead atoms. The molecule has 7 nitrogen and oxygen atoms in total. The molecule has 14 heteroatoms. The highest BCUT2D eigenvalue weighted by Gasteiger charge is 2.38. The minimum absolute atomic E-state index is 0.00275. The van der Waals surface area contributed by atoms with Crippen molar-refractivity contribution in [2.45, 2.75) is 32.7 Å². The van der Waals surface area contributed by atoms with Gasteiger partial charge in [-0.15, -0.1) is 0 Å². The standard InChI is InChI=1S/C29H28F6N4O3S/c1-17-14-39(15-19-11-20(28(30,31)32)13-21(12-19)29(33,34)35)26(40)23-24(22-6-4-3-5-18(22)2)36-27(37-25(23)42-16-17)38-7-9-43(41)10-8-38/h3-6,11-13,17H,7-10,14-16H2,1-2H3/t17-/m0/s1. The summed E-state index contributed by atoms with van der Waals surface area (Å²) in [5, 5.41) is 0. The molecule has 2 aliphatic rings. The Morgan fingerprint density at radius 2 is 1.60 bits per heavy atom. The third-order valence-electron chi connectivity index (χ3n) is 7.28. The van der Waals surface area contributed by atoms with Crippen LogP contribution in [0.1, 0.15) is 39.5 Å². The fourth-order valence-electron chi connectivity index (χ4n) is 5.10. The van der Waals surface area contributed by atoms with Crippen molar-refractivity contribution in [2.75, 3.05) is 42.6 Å². The van der Waals surface area contributed by atoms with E-state index in [0.717, 1.165) is 5.56 Å². The monoisotopic (exact) mass is 626 g/mol. The summed E-state index contributed by atoms with van der Waals surface area (Å²) in [7, 11) is -0.966. The maximum Gasteiger partial charge on any atom is 0.416 e. The molecule has 0 spiro atoms. The number of carbonyl (C=O) groups excluding carboxylic acids is 1. The molecule has 1 atom stereocenters. The number of aryl methyl sites for hydroxylation is 1. The van der Waals surface area contributed by atoms with Gasteiger partial charge in [0.15, 0.2) is 0 Å². The first kappa shape index (κ1) is 30.8. The Balaban J connectivity index is 1.63. The largest absolute Gasteiger partial charge is 0.477 e. The van der Waals surface area contributed by atoms with Crippen LogP contribution in [-0.2, 0) is 29.7 Å². The van der Waals surface area contributed by atoms with Gasteiger partial charge in [-0.2, -0.15) is 31.3 Å². The second-order valence-electron chi connectivity index (χ2n) is 10.7. The number of amides is 1. The van der Waals surface area contributed by atoms with Gasteiger partial charge in [-0.3, -0.25) is 9.00 Å². The molecule has 1 fully saturated rings. The average Bonchev–Trinajstić information content (AvgIpc) is 2.94. The minimum Gasteiger partial charge on any atom is -0.477 e. The lowest BCUT2D eigenvalue weighted by atomic mass is 9.99. The Kier molecular flexibility index (Phi) is 8.43. The molecule has 0 unspecified atom stereocenters. The zero-order chi connectivity index (χ0) is 31.1. The Morgan fingerprint density at radius 1 is 0.977 bits per heavy atom. The number of alkyl halides is 6. The summed E-state index contributed by atoms with van der Waals surface area (Å²) in [5.74, 6) is 0.0637. The Morgan fingerprint density at radius 3 is 2.21 bits per heavy atom. The highest BCUT2D eigenvalue weighted by molar-refractivity contribution is 7.85. The zero-order valence-corrected chi connectivity index (χ0v) is 24.1. The molecule has 1 saturated heterocycles. The maximum atomic E-state index is 14.2. The number of hydrogen-bond acceptors (Lipinski definition) is 6. The predicted octanol–water partition coefficient (Wildman–Crippen LogP) is 5.73. The van der Waals surface area contributed by atoms with Crippen LogP contribution < -0.4 is 9.64 Å². The average molecular weight is 627 g/mol. The van der Waals surface area contributed by atoms with Gasteiger partial charge >= 0.3 is 12.4 Å². The molecule has 3 aromatic rings. The van der Waals surface area contributed by atoms with Crippen molar-refractivity contribution in [1.82, 2.24) is 14.9 Å². The molecule has 0 N–H and O–H groups in total. The summed E-state index contributed by atoms with van der Waals surface area (Å²) in [6, 6.07) is 8.47. The van der Waals surface area contributed by atoms with Gasteiger partial charge in [-0.1, -0.05) is 31.2 Å². The van der Waals surface area contributed by atoms with Gasteiger partial charge in [0.1, 0.15) is 5.56 Å². The zero-order valence-electron chi connectivity index (χ0n) is 23.3. The third kappa shape index (κ3) is 6.78. The lowest BCUT2D eigenvalue weighted by Gasteiger charge is -2.32. The van der Waals surface area contributed by atoms with Gasteiger partial charge in [-0.25, -0.2) is 4.98 Å². The van der Waals surface area contributed by atoms with Crippen LogP contribution in [0.2, 0.25) is 0 Å². The second kappa shape index (κ2) is 11.8. The first-order valence-corrected chi connectivity index (χ1v) is 15.0. The Hall–Kier alpha value is -3.68. The summed E-state index contributed by atoms with van der Waals surface area (Å²) in [4.78, 5) is 26.6. The number of rotatable bonds is 4. The van der Waals surface area contributed by atoms with Gasteiger partial charge in [-0.05, 0) is 36.2 Å². The van der Waals surface area contributed by atoms with Crippen molar-refractivity contribution in [3.63, 3.8) is 0 Å². The van der Waals surface area contributed by atoms with E-state index in [1.54, 1.807) is 19.1 Å². The van der Waals surface area contributed by atoms with E-state index in [0.29, 0.717) is 42.3 Å². The predicted molar refractivity (Wildman–Crippen MR) is 148 cm³/mol. The number of anilines is 1. The summed E-state index contributed by atoms with van der Waals surface area (Å²) in [5.41, 5.74) is -1.66. The molecule has 0 saturated carbocycles. The Bertz CT molecular complexity index is 1520. The molecular formula is C29H28F6N4O3S. The lowest BCUT2D eigenvalue weighted by Crippen LogP contribution is -2.40. The normalized spacial score (nSPS) is 18.6. The van der Waals surface area contributed by atoms with Gasteiger partial charge in [0.25, 0.3) is 5.91 Å². The van der Waals surface area contributed by atoms with Crippen molar-refractivity contribution in [3.05, 3.63) is 70.3 Å². The number of nitrogens with zero attached hydrogens (tertiary/aromatic N) is 4. The van der Waals surface area contributed by atoms with Crippen LogP contribution >= 0.6 is 0 Å². The van der Waals surface area contributed by atoms with E-state index in [1.165, 1.54) is 4.90 Å². The molecule has 43 heavy (non-hydrogen) atoms. The van der Waals surface area contributed by atoms with Gasteiger partial charge in [0, 0.05) is 60.0 Å². The van der Waals surface area contributed by atoms with Gasteiger partial charge in [0.05, 0.1) is 23.4 Å². The molecule has 0 aliphatic carbocycles. The summed E-state index contributed by atoms with van der Waals surface area (Å²) in [6.45, 7) is 4.00. The molecule has 2 aromatic carbocycles. The number of ether oxygens (including phenoxy) is 1. The molecule has 2 aliphatic heterocycles. The van der Waals surface area contributed by atoms with Crippen molar-refractivity contribution >= 4 is 22.7 Å². The van der Waals surface area contributed by atoms with Crippen LogP contribution in [0.5, 0.6) is 5.88 Å². The number of hydrogen-bond donors (Lipinski definition) is 0. The number of carbonyl (C=O) groups is 1. The third-order valence-corrected chi connectivity index (χ3v) is 8.56. The first-order chi connectivity index (χ1) is 20.2. The van der Waals surface area contributed by atoms with E-state index in [1.807, 2.05) is 24.0 Å². The summed E-state index contributed by atoms with van der Waals surface area (Å²) < 4.78 is 99.3. The van der Waals surface area contributed by atoms with Gasteiger partial charge in [0.2, 0.25) is 11.8 Å². The molecule has 3 heterocycles. The van der Waals surface area contributed by atoms with Crippen molar-refractivity contribution in [3.8, 4) is 17.1 Å². The van der Waals surface area contributed by atoms with Crippen LogP contribution in [0, 0.1) is 12.8 Å². The lowest BCUT2D eigenvalue weighted by molar-refractivity contribution is -0.143. The minimum atomic E-state index is -5.02. The molecule has 1 amide bonds. The molecule has 5 rings (SSSR count). The van der Waals surface area contributed by atoms with Crippen molar-refractivity contribution in [1.29, 1.82) is 0 Å². The van der Waals surface area contributed by atoms with E-state index < -0.39 is 46.7 Å². The highest BCUT2D eigenvalue weighted by atomic mass is 32.2. The maximum absolute atomic E-state index is 14.2. The van der Waals surface area contributed by atoms with Crippen molar-refractivity contribution < 1.29 is 40.1 Å². The highest BCUT2D eigenvalue weighted by Crippen LogP contribution is 2.38. The summed E-state index contributed by atoms with van der Waals surface area (Å²) in [6.07, 6.45) is -10.0. The van der Waals surface area contributed by atoms with E-state index in [2.05, 4.69) is 4.98 Å².